The molecule has 0 spiro atoms. The molecule has 2 N–H and O–H groups in total. The first-order valence-electron chi connectivity index (χ1n) is 13.5. The lowest BCUT2D eigenvalue weighted by molar-refractivity contribution is -0.115. The second-order valence-corrected chi connectivity index (χ2v) is 14.3. The van der Waals surface area contributed by atoms with Gasteiger partial charge < -0.3 is 15.4 Å². The molecule has 0 aliphatic heterocycles. The molecule has 0 radical (unpaired) electrons. The van der Waals surface area contributed by atoms with E-state index >= 15 is 0 Å². The van der Waals surface area contributed by atoms with Crippen LogP contribution < -0.4 is 10.6 Å². The van der Waals surface area contributed by atoms with E-state index in [-0.39, 0.29) is 22.3 Å². The molecular formula is C31H34Cl2N2O4S2. The molecule has 2 aromatic carbocycles. The van der Waals surface area contributed by atoms with Crippen molar-refractivity contribution in [3.8, 4) is 0 Å². The minimum absolute atomic E-state index is 0.162. The minimum Gasteiger partial charge on any atom is -0.465 e. The van der Waals surface area contributed by atoms with Crippen LogP contribution in [0.3, 0.4) is 0 Å². The third-order valence-corrected chi connectivity index (χ3v) is 10.4. The smallest absolute Gasteiger partial charge is 0.341 e. The van der Waals surface area contributed by atoms with Crippen molar-refractivity contribution in [3.63, 3.8) is 0 Å². The number of thioether (sulfide) groups is 1. The molecule has 1 aliphatic carbocycles. The second-order valence-electron chi connectivity index (χ2n) is 11.1. The summed E-state index contributed by atoms with van der Waals surface area (Å²) in [5.74, 6) is -0.456. The van der Waals surface area contributed by atoms with Crippen LogP contribution in [-0.4, -0.2) is 30.1 Å². The lowest BCUT2D eigenvalue weighted by atomic mass is 9.72. The fourth-order valence-electron chi connectivity index (χ4n) is 4.93. The molecule has 3 aromatic rings. The maximum absolute atomic E-state index is 13.5. The quantitative estimate of drug-likeness (QED) is 0.191. The summed E-state index contributed by atoms with van der Waals surface area (Å²) in [7, 11) is 1.37. The molecule has 2 atom stereocenters. The van der Waals surface area contributed by atoms with E-state index in [1.54, 1.807) is 18.2 Å². The van der Waals surface area contributed by atoms with Crippen molar-refractivity contribution in [3.05, 3.63) is 74.1 Å². The first-order valence-corrected chi connectivity index (χ1v) is 15.9. The molecule has 1 aliphatic rings. The number of rotatable bonds is 8. The van der Waals surface area contributed by atoms with Gasteiger partial charge in [0.25, 0.3) is 5.91 Å². The number of nitrogens with one attached hydrogen (secondary N) is 2. The number of hydrogen-bond acceptors (Lipinski definition) is 6. The van der Waals surface area contributed by atoms with Crippen LogP contribution in [0.15, 0.2) is 47.4 Å². The molecule has 10 heteroatoms. The molecule has 2 amide bonds. The highest BCUT2D eigenvalue weighted by atomic mass is 35.5. The molecule has 0 bridgehead atoms. The Morgan fingerprint density at radius 3 is 2.54 bits per heavy atom. The van der Waals surface area contributed by atoms with Gasteiger partial charge in [-0.05, 0) is 79.0 Å². The SMILES string of the molecule is CCC(Sc1cccc(NC(=O)c2ccc(Cl)cc2Cl)c1)C(=O)Nc1sc2c(c1C(=O)OC)CCC(C(C)(C)C)C2. The van der Waals surface area contributed by atoms with Gasteiger partial charge in [0.2, 0.25) is 5.91 Å². The number of amides is 2. The maximum atomic E-state index is 13.5. The van der Waals surface area contributed by atoms with E-state index < -0.39 is 11.2 Å². The van der Waals surface area contributed by atoms with Crippen molar-refractivity contribution in [2.75, 3.05) is 17.7 Å². The Balaban J connectivity index is 1.49. The third kappa shape index (κ3) is 7.47. The van der Waals surface area contributed by atoms with E-state index in [1.807, 2.05) is 25.1 Å². The molecule has 0 saturated carbocycles. The van der Waals surface area contributed by atoms with E-state index in [0.717, 1.165) is 34.6 Å². The fourth-order valence-corrected chi connectivity index (χ4v) is 7.76. The van der Waals surface area contributed by atoms with Gasteiger partial charge in [-0.15, -0.1) is 23.1 Å². The van der Waals surface area contributed by atoms with Crippen LogP contribution in [-0.2, 0) is 22.4 Å². The van der Waals surface area contributed by atoms with Gasteiger partial charge in [0.15, 0.2) is 0 Å². The van der Waals surface area contributed by atoms with Crippen LogP contribution in [0.1, 0.15) is 71.7 Å². The zero-order valence-corrected chi connectivity index (χ0v) is 26.9. The second kappa shape index (κ2) is 13.2. The van der Waals surface area contributed by atoms with Crippen LogP contribution in [0.5, 0.6) is 0 Å². The summed E-state index contributed by atoms with van der Waals surface area (Å²) in [6.45, 7) is 8.68. The highest BCUT2D eigenvalue weighted by Gasteiger charge is 2.35. The number of ether oxygens (including phenoxy) is 1. The fraction of sp³-hybridized carbons (Fsp3) is 0.387. The molecule has 6 nitrogen and oxygen atoms in total. The van der Waals surface area contributed by atoms with Crippen molar-refractivity contribution in [2.24, 2.45) is 11.3 Å². The molecule has 1 aromatic heterocycles. The summed E-state index contributed by atoms with van der Waals surface area (Å²) >= 11 is 15.0. The van der Waals surface area contributed by atoms with E-state index in [4.69, 9.17) is 27.9 Å². The Hall–Kier alpha value is -2.52. The van der Waals surface area contributed by atoms with Crippen LogP contribution >= 0.6 is 46.3 Å². The van der Waals surface area contributed by atoms with Gasteiger partial charge in [0.05, 0.1) is 28.5 Å². The van der Waals surface area contributed by atoms with Gasteiger partial charge >= 0.3 is 5.97 Å². The Labute approximate surface area is 259 Å². The third-order valence-electron chi connectivity index (χ3n) is 7.33. The first kappa shape index (κ1) is 31.4. The molecule has 1 heterocycles. The van der Waals surface area contributed by atoms with Crippen molar-refractivity contribution in [2.45, 2.75) is 63.5 Å². The number of fused-ring (bicyclic) bond motifs is 1. The van der Waals surface area contributed by atoms with Crippen molar-refractivity contribution in [1.29, 1.82) is 0 Å². The molecule has 4 rings (SSSR count). The number of methoxy groups -OCH3 is 1. The van der Waals surface area contributed by atoms with E-state index in [2.05, 4.69) is 31.4 Å². The van der Waals surface area contributed by atoms with E-state index in [9.17, 15) is 14.4 Å². The van der Waals surface area contributed by atoms with Crippen LogP contribution in [0.4, 0.5) is 10.7 Å². The summed E-state index contributed by atoms with van der Waals surface area (Å²) in [6.07, 6.45) is 3.24. The average Bonchev–Trinajstić information content (AvgIpc) is 3.27. The lowest BCUT2D eigenvalue weighted by Gasteiger charge is -2.33. The topological polar surface area (TPSA) is 84.5 Å². The van der Waals surface area contributed by atoms with Crippen molar-refractivity contribution < 1.29 is 19.1 Å². The molecule has 0 saturated heterocycles. The zero-order valence-electron chi connectivity index (χ0n) is 23.7. The largest absolute Gasteiger partial charge is 0.465 e. The monoisotopic (exact) mass is 632 g/mol. The predicted octanol–water partition coefficient (Wildman–Crippen LogP) is 8.75. The predicted molar refractivity (Wildman–Crippen MR) is 170 cm³/mol. The number of carbonyl (C=O) groups is 3. The van der Waals surface area contributed by atoms with E-state index in [0.29, 0.717) is 39.2 Å². The summed E-state index contributed by atoms with van der Waals surface area (Å²) in [4.78, 5) is 41.0. The maximum Gasteiger partial charge on any atom is 0.341 e. The Bertz CT molecular complexity index is 1460. The van der Waals surface area contributed by atoms with Gasteiger partial charge in [0.1, 0.15) is 5.00 Å². The number of benzene rings is 2. The summed E-state index contributed by atoms with van der Waals surface area (Å²) < 4.78 is 5.11. The normalized spacial score (nSPS) is 15.5. The van der Waals surface area contributed by atoms with Crippen molar-refractivity contribution in [1.82, 2.24) is 0 Å². The number of esters is 1. The molecule has 2 unspecified atom stereocenters. The standard InChI is InChI=1S/C31H34Cl2N2O4S2/c1-6-24(40-20-9-7-8-19(16-20)34-27(36)21-13-11-18(32)15-23(21)33)28(37)35-29-26(30(38)39-5)22-12-10-17(31(2,3)4)14-25(22)41-29/h7-9,11,13,15-17,24H,6,10,12,14H2,1-5H3,(H,34,36)(H,35,37). The average molecular weight is 634 g/mol. The first-order chi connectivity index (χ1) is 19.4. The number of carbonyl (C=O) groups excluding carboxylic acids is 3. The molecule has 0 fully saturated rings. The van der Waals surface area contributed by atoms with Gasteiger partial charge in [0, 0.05) is 20.5 Å². The minimum atomic E-state index is -0.419. The Morgan fingerprint density at radius 1 is 1.12 bits per heavy atom. The number of halogens is 2. The van der Waals surface area contributed by atoms with Crippen LogP contribution in [0.2, 0.25) is 10.0 Å². The van der Waals surface area contributed by atoms with Gasteiger partial charge in [-0.25, -0.2) is 4.79 Å². The summed E-state index contributed by atoms with van der Waals surface area (Å²) in [5, 5.41) is 6.76. The summed E-state index contributed by atoms with van der Waals surface area (Å²) in [6, 6.07) is 12.0. The van der Waals surface area contributed by atoms with Gasteiger partial charge in [-0.2, -0.15) is 0 Å². The molecular weight excluding hydrogens is 599 g/mol. The van der Waals surface area contributed by atoms with Crippen LogP contribution in [0, 0.1) is 11.3 Å². The number of hydrogen-bond donors (Lipinski definition) is 2. The zero-order chi connectivity index (χ0) is 29.9. The summed E-state index contributed by atoms with van der Waals surface area (Å²) in [5.41, 5.74) is 2.54. The Morgan fingerprint density at radius 2 is 1.88 bits per heavy atom. The number of thiophene rings is 1. The highest BCUT2D eigenvalue weighted by molar-refractivity contribution is 8.00. The highest BCUT2D eigenvalue weighted by Crippen LogP contribution is 2.44. The van der Waals surface area contributed by atoms with Crippen LogP contribution in [0.25, 0.3) is 0 Å². The Kier molecular flexibility index (Phi) is 10.1. The number of anilines is 2. The molecule has 41 heavy (non-hydrogen) atoms. The van der Waals surface area contributed by atoms with Gasteiger partial charge in [-0.3, -0.25) is 9.59 Å². The molecule has 218 valence electrons. The van der Waals surface area contributed by atoms with E-state index in [1.165, 1.54) is 36.3 Å². The lowest BCUT2D eigenvalue weighted by Crippen LogP contribution is -2.27. The van der Waals surface area contributed by atoms with Crippen molar-refractivity contribution >= 4 is 74.8 Å². The van der Waals surface area contributed by atoms with Gasteiger partial charge in [-0.1, -0.05) is 57.0 Å².